The fraction of sp³-hybridized carbons (Fsp3) is 0.643. The summed E-state index contributed by atoms with van der Waals surface area (Å²) in [5.74, 6) is 1.23. The first-order chi connectivity index (χ1) is 8.85. The van der Waals surface area contributed by atoms with E-state index in [1.807, 2.05) is 6.92 Å². The third-order valence-corrected chi connectivity index (χ3v) is 3.51. The number of ether oxygens (including phenoxy) is 1. The first kappa shape index (κ1) is 13.1. The summed E-state index contributed by atoms with van der Waals surface area (Å²) in [6, 6.07) is 0. The highest BCUT2D eigenvalue weighted by Gasteiger charge is 2.27. The largest absolute Gasteiger partial charge is 0.370 e. The molecule has 0 radical (unpaired) electrons. The first-order valence-corrected chi connectivity index (χ1v) is 6.74. The van der Waals surface area contributed by atoms with Gasteiger partial charge in [0, 0.05) is 19.0 Å². The van der Waals surface area contributed by atoms with Gasteiger partial charge in [-0.25, -0.2) is 9.97 Å². The van der Waals surface area contributed by atoms with Crippen LogP contribution in [-0.4, -0.2) is 22.9 Å². The van der Waals surface area contributed by atoms with Crippen molar-refractivity contribution in [3.8, 4) is 0 Å². The molecule has 1 aromatic heterocycles. The number of hydrogen-bond donors (Lipinski definition) is 0. The first-order valence-electron chi connectivity index (χ1n) is 6.74. The van der Waals surface area contributed by atoms with E-state index in [4.69, 9.17) is 4.74 Å². The summed E-state index contributed by atoms with van der Waals surface area (Å²) in [5, 5.41) is 0. The topological polar surface area (TPSA) is 52.1 Å². The van der Waals surface area contributed by atoms with Crippen molar-refractivity contribution in [1.82, 2.24) is 9.97 Å². The maximum Gasteiger partial charge on any atom is 0.157 e. The van der Waals surface area contributed by atoms with Crippen LogP contribution in [0.3, 0.4) is 0 Å². The van der Waals surface area contributed by atoms with E-state index in [0.717, 1.165) is 6.29 Å². The Labute approximate surface area is 108 Å². The van der Waals surface area contributed by atoms with Gasteiger partial charge in [-0.05, 0) is 25.7 Å². The second-order valence-corrected chi connectivity index (χ2v) is 4.77. The summed E-state index contributed by atoms with van der Waals surface area (Å²) in [6.07, 6.45) is 10.1. The zero-order valence-corrected chi connectivity index (χ0v) is 10.8. The van der Waals surface area contributed by atoms with Gasteiger partial charge in [0.15, 0.2) is 12.1 Å². The van der Waals surface area contributed by atoms with Crippen LogP contribution in [0.5, 0.6) is 0 Å². The van der Waals surface area contributed by atoms with Gasteiger partial charge in [0.25, 0.3) is 0 Å². The Morgan fingerprint density at radius 1 is 1.33 bits per heavy atom. The minimum Gasteiger partial charge on any atom is -0.370 e. The zero-order chi connectivity index (χ0) is 12.8. The van der Waals surface area contributed by atoms with Crippen LogP contribution < -0.4 is 0 Å². The monoisotopic (exact) mass is 248 g/mol. The second-order valence-electron chi connectivity index (χ2n) is 4.77. The zero-order valence-electron chi connectivity index (χ0n) is 10.8. The van der Waals surface area contributed by atoms with Crippen LogP contribution in [0.1, 0.15) is 61.3 Å². The van der Waals surface area contributed by atoms with Crippen LogP contribution in [0.4, 0.5) is 0 Å². The number of aromatic nitrogens is 2. The minimum atomic E-state index is -0.0176. The smallest absolute Gasteiger partial charge is 0.157 e. The summed E-state index contributed by atoms with van der Waals surface area (Å²) in [6.45, 7) is 2.66. The van der Waals surface area contributed by atoms with E-state index in [0.29, 0.717) is 23.9 Å². The standard InChI is InChI=1S/C14H20N2O2/c1-2-18-13(12-6-4-3-5-7-12)14-15-8-11(10-17)9-16-14/h8-10,12-13H,2-7H2,1H3. The fourth-order valence-corrected chi connectivity index (χ4v) is 2.59. The Kier molecular flexibility index (Phi) is 4.81. The Morgan fingerprint density at radius 3 is 2.56 bits per heavy atom. The van der Waals surface area contributed by atoms with Gasteiger partial charge >= 0.3 is 0 Å². The molecule has 1 aromatic rings. The van der Waals surface area contributed by atoms with Gasteiger partial charge in [0.05, 0.1) is 5.56 Å². The second kappa shape index (κ2) is 6.59. The SMILES string of the molecule is CCOC(c1ncc(C=O)cn1)C1CCCCC1. The summed E-state index contributed by atoms with van der Waals surface area (Å²) < 4.78 is 5.83. The predicted octanol–water partition coefficient (Wildman–Crippen LogP) is 2.95. The Balaban J connectivity index is 2.13. The van der Waals surface area contributed by atoms with Crippen molar-refractivity contribution in [2.75, 3.05) is 6.61 Å². The summed E-state index contributed by atoms with van der Waals surface area (Å²) in [5.41, 5.74) is 0.512. The predicted molar refractivity (Wildman–Crippen MR) is 68.4 cm³/mol. The van der Waals surface area contributed by atoms with Crippen LogP contribution in [-0.2, 0) is 4.74 Å². The summed E-state index contributed by atoms with van der Waals surface area (Å²) in [4.78, 5) is 19.2. The van der Waals surface area contributed by atoms with Crippen LogP contribution in [0.15, 0.2) is 12.4 Å². The molecule has 0 aliphatic heterocycles. The average molecular weight is 248 g/mol. The van der Waals surface area contributed by atoms with Gasteiger partial charge in [-0.2, -0.15) is 0 Å². The minimum absolute atomic E-state index is 0.0176. The molecule has 0 aromatic carbocycles. The lowest BCUT2D eigenvalue weighted by Gasteiger charge is -2.28. The van der Waals surface area contributed by atoms with Gasteiger partial charge in [0.2, 0.25) is 0 Å². The van der Waals surface area contributed by atoms with E-state index in [1.54, 1.807) is 12.4 Å². The van der Waals surface area contributed by atoms with Gasteiger partial charge in [-0.3, -0.25) is 4.79 Å². The molecule has 0 saturated heterocycles. The molecule has 1 heterocycles. The molecule has 1 aliphatic carbocycles. The molecule has 4 heteroatoms. The average Bonchev–Trinajstić information content (AvgIpc) is 2.46. The molecule has 1 unspecified atom stereocenters. The number of carbonyl (C=O) groups excluding carboxylic acids is 1. The van der Waals surface area contributed by atoms with Gasteiger partial charge in [0.1, 0.15) is 6.10 Å². The Bertz CT molecular complexity index is 372. The number of rotatable bonds is 5. The van der Waals surface area contributed by atoms with Crippen molar-refractivity contribution in [2.24, 2.45) is 5.92 Å². The fourth-order valence-electron chi connectivity index (χ4n) is 2.59. The van der Waals surface area contributed by atoms with Crippen molar-refractivity contribution >= 4 is 6.29 Å². The molecule has 0 N–H and O–H groups in total. The molecule has 1 fully saturated rings. The lowest BCUT2D eigenvalue weighted by Crippen LogP contribution is -2.21. The maximum atomic E-state index is 10.6. The molecule has 2 rings (SSSR count). The van der Waals surface area contributed by atoms with E-state index in [2.05, 4.69) is 9.97 Å². The molecule has 1 saturated carbocycles. The highest BCUT2D eigenvalue weighted by atomic mass is 16.5. The molecule has 0 spiro atoms. The third kappa shape index (κ3) is 3.13. The molecular weight excluding hydrogens is 228 g/mol. The molecule has 0 amide bonds. The summed E-state index contributed by atoms with van der Waals surface area (Å²) in [7, 11) is 0. The highest BCUT2D eigenvalue weighted by molar-refractivity contribution is 5.73. The van der Waals surface area contributed by atoms with Gasteiger partial charge < -0.3 is 4.74 Å². The van der Waals surface area contributed by atoms with E-state index in [1.165, 1.54) is 32.1 Å². The molecule has 1 aliphatic rings. The van der Waals surface area contributed by atoms with Crippen LogP contribution >= 0.6 is 0 Å². The van der Waals surface area contributed by atoms with Gasteiger partial charge in [-0.15, -0.1) is 0 Å². The summed E-state index contributed by atoms with van der Waals surface area (Å²) >= 11 is 0. The highest BCUT2D eigenvalue weighted by Crippen LogP contribution is 2.35. The van der Waals surface area contributed by atoms with E-state index < -0.39 is 0 Å². The van der Waals surface area contributed by atoms with Crippen molar-refractivity contribution in [3.63, 3.8) is 0 Å². The van der Waals surface area contributed by atoms with Crippen molar-refractivity contribution in [3.05, 3.63) is 23.8 Å². The van der Waals surface area contributed by atoms with Gasteiger partial charge in [-0.1, -0.05) is 19.3 Å². The molecule has 0 bridgehead atoms. The maximum absolute atomic E-state index is 10.6. The third-order valence-electron chi connectivity index (χ3n) is 3.51. The Hall–Kier alpha value is -1.29. The molecule has 18 heavy (non-hydrogen) atoms. The van der Waals surface area contributed by atoms with E-state index in [9.17, 15) is 4.79 Å². The van der Waals surface area contributed by atoms with Crippen molar-refractivity contribution in [2.45, 2.75) is 45.1 Å². The lowest BCUT2D eigenvalue weighted by atomic mass is 9.85. The number of nitrogens with zero attached hydrogens (tertiary/aromatic N) is 2. The molecule has 1 atom stereocenters. The molecule has 98 valence electrons. The quantitative estimate of drug-likeness (QED) is 0.752. The Morgan fingerprint density at radius 2 is 2.00 bits per heavy atom. The van der Waals surface area contributed by atoms with E-state index >= 15 is 0 Å². The number of hydrogen-bond acceptors (Lipinski definition) is 4. The van der Waals surface area contributed by atoms with Crippen molar-refractivity contribution in [1.29, 1.82) is 0 Å². The number of aldehydes is 1. The lowest BCUT2D eigenvalue weighted by molar-refractivity contribution is -0.000219. The van der Waals surface area contributed by atoms with Crippen LogP contribution in [0.2, 0.25) is 0 Å². The molecule has 4 nitrogen and oxygen atoms in total. The normalized spacial score (nSPS) is 18.5. The molecular formula is C14H20N2O2. The van der Waals surface area contributed by atoms with Crippen LogP contribution in [0.25, 0.3) is 0 Å². The van der Waals surface area contributed by atoms with E-state index in [-0.39, 0.29) is 6.10 Å². The number of carbonyl (C=O) groups is 1. The van der Waals surface area contributed by atoms with Crippen molar-refractivity contribution < 1.29 is 9.53 Å². The van der Waals surface area contributed by atoms with Crippen LogP contribution in [0, 0.1) is 5.92 Å².